The largest absolute Gasteiger partial charge is 0.330 e. The highest BCUT2D eigenvalue weighted by Gasteiger charge is 2.07. The molecule has 3 nitrogen and oxygen atoms in total. The van der Waals surface area contributed by atoms with Crippen LogP contribution >= 0.6 is 15.9 Å². The van der Waals surface area contributed by atoms with Crippen molar-refractivity contribution < 1.29 is 0 Å². The fraction of sp³-hybridized carbons (Fsp3) is 0.364. The van der Waals surface area contributed by atoms with Crippen molar-refractivity contribution >= 4 is 21.6 Å². The van der Waals surface area contributed by atoms with E-state index in [-0.39, 0.29) is 0 Å². The lowest BCUT2D eigenvalue weighted by Gasteiger charge is -2.03. The number of pyridine rings is 1. The first kappa shape index (κ1) is 10.6. The molecule has 2 rings (SSSR count). The molecule has 0 aliphatic carbocycles. The Balaban J connectivity index is 2.35. The highest BCUT2D eigenvalue weighted by molar-refractivity contribution is 9.10. The Bertz CT molecular complexity index is 464. The lowest BCUT2D eigenvalue weighted by molar-refractivity contribution is 0.586. The zero-order chi connectivity index (χ0) is 10.8. The van der Waals surface area contributed by atoms with Crippen molar-refractivity contribution in [2.24, 2.45) is 11.7 Å². The van der Waals surface area contributed by atoms with E-state index in [0.717, 1.165) is 22.2 Å². The Kier molecular flexibility index (Phi) is 3.07. The van der Waals surface area contributed by atoms with Crippen molar-refractivity contribution in [1.82, 2.24) is 9.38 Å². The van der Waals surface area contributed by atoms with Crippen LogP contribution in [0.1, 0.15) is 12.6 Å². The molecule has 0 aliphatic heterocycles. The zero-order valence-electron chi connectivity index (χ0n) is 8.65. The number of hydrogen-bond acceptors (Lipinski definition) is 2. The number of nitrogens with two attached hydrogens (primary N) is 1. The van der Waals surface area contributed by atoms with Gasteiger partial charge in [0, 0.05) is 12.4 Å². The van der Waals surface area contributed by atoms with Crippen LogP contribution in [0.15, 0.2) is 29.0 Å². The topological polar surface area (TPSA) is 43.3 Å². The van der Waals surface area contributed by atoms with E-state index < -0.39 is 0 Å². The minimum absolute atomic E-state index is 0.480. The van der Waals surface area contributed by atoms with Gasteiger partial charge in [0.05, 0.1) is 10.2 Å². The van der Waals surface area contributed by atoms with Crippen LogP contribution in [-0.4, -0.2) is 15.9 Å². The van der Waals surface area contributed by atoms with Gasteiger partial charge in [-0.05, 0) is 46.9 Å². The van der Waals surface area contributed by atoms with Gasteiger partial charge in [-0.1, -0.05) is 6.92 Å². The molecular weight excluding hydrogens is 254 g/mol. The summed E-state index contributed by atoms with van der Waals surface area (Å²) in [4.78, 5) is 4.56. The highest BCUT2D eigenvalue weighted by atomic mass is 79.9. The molecule has 2 aromatic rings. The molecule has 0 bridgehead atoms. The molecule has 0 saturated carbocycles. The molecule has 2 heterocycles. The highest BCUT2D eigenvalue weighted by Crippen LogP contribution is 2.18. The average Bonchev–Trinajstić information content (AvgIpc) is 2.62. The summed E-state index contributed by atoms with van der Waals surface area (Å²) in [5.41, 5.74) is 7.67. The van der Waals surface area contributed by atoms with Gasteiger partial charge in [0.15, 0.2) is 5.65 Å². The molecule has 2 N–H and O–H groups in total. The van der Waals surface area contributed by atoms with Crippen molar-refractivity contribution in [3.63, 3.8) is 0 Å². The maximum Gasteiger partial charge on any atom is 0.151 e. The first-order valence-corrected chi connectivity index (χ1v) is 5.82. The van der Waals surface area contributed by atoms with E-state index in [2.05, 4.69) is 34.0 Å². The number of imidazole rings is 1. The molecule has 0 saturated heterocycles. The Morgan fingerprint density at radius 1 is 1.60 bits per heavy atom. The Hall–Kier alpha value is -0.870. The van der Waals surface area contributed by atoms with Gasteiger partial charge in [-0.2, -0.15) is 0 Å². The molecule has 4 heteroatoms. The van der Waals surface area contributed by atoms with Gasteiger partial charge in [-0.15, -0.1) is 0 Å². The molecule has 0 aromatic carbocycles. The van der Waals surface area contributed by atoms with E-state index in [1.54, 1.807) is 0 Å². The van der Waals surface area contributed by atoms with E-state index in [0.29, 0.717) is 12.5 Å². The fourth-order valence-corrected chi connectivity index (χ4v) is 2.01. The summed E-state index contributed by atoms with van der Waals surface area (Å²) >= 11 is 3.49. The van der Waals surface area contributed by atoms with Gasteiger partial charge < -0.3 is 10.1 Å². The summed E-state index contributed by atoms with van der Waals surface area (Å²) in [5, 5.41) is 0. The maximum absolute atomic E-state index is 5.60. The molecule has 15 heavy (non-hydrogen) atoms. The number of fused-ring (bicyclic) bond motifs is 1. The van der Waals surface area contributed by atoms with Gasteiger partial charge in [0.25, 0.3) is 0 Å². The monoisotopic (exact) mass is 267 g/mol. The molecular formula is C11H14BrN3. The molecule has 0 fully saturated rings. The van der Waals surface area contributed by atoms with Crippen molar-refractivity contribution in [2.75, 3.05) is 6.54 Å². The molecule has 0 spiro atoms. The number of halogens is 1. The predicted octanol–water partition coefficient (Wildman–Crippen LogP) is 2.23. The third kappa shape index (κ3) is 2.21. The van der Waals surface area contributed by atoms with Crippen LogP contribution in [0.2, 0.25) is 0 Å². The second-order valence-corrected chi connectivity index (χ2v) is 4.72. The van der Waals surface area contributed by atoms with Gasteiger partial charge in [0.2, 0.25) is 0 Å². The zero-order valence-corrected chi connectivity index (χ0v) is 10.2. The summed E-state index contributed by atoms with van der Waals surface area (Å²) in [6, 6.07) is 3.99. The van der Waals surface area contributed by atoms with Gasteiger partial charge in [-0.3, -0.25) is 0 Å². The lowest BCUT2D eigenvalue weighted by atomic mass is 10.1. The molecule has 1 atom stereocenters. The van der Waals surface area contributed by atoms with Crippen molar-refractivity contribution in [1.29, 1.82) is 0 Å². The second kappa shape index (κ2) is 4.33. The van der Waals surface area contributed by atoms with Crippen molar-refractivity contribution in [3.05, 3.63) is 34.7 Å². The minimum Gasteiger partial charge on any atom is -0.330 e. The molecule has 0 radical (unpaired) electrons. The fourth-order valence-electron chi connectivity index (χ4n) is 1.57. The molecule has 1 unspecified atom stereocenters. The molecule has 0 aliphatic rings. The third-order valence-electron chi connectivity index (χ3n) is 2.44. The number of aromatic nitrogens is 2. The van der Waals surface area contributed by atoms with E-state index in [1.165, 1.54) is 0 Å². The smallest absolute Gasteiger partial charge is 0.151 e. The van der Waals surface area contributed by atoms with Crippen LogP contribution in [0.4, 0.5) is 0 Å². The SMILES string of the molecule is CC(CN)Cc1cn2cccc(Br)c2n1. The van der Waals surface area contributed by atoms with Crippen LogP contribution < -0.4 is 5.73 Å². The van der Waals surface area contributed by atoms with Crippen LogP contribution in [-0.2, 0) is 6.42 Å². The molecule has 80 valence electrons. The Labute approximate surface area is 97.4 Å². The first-order valence-electron chi connectivity index (χ1n) is 5.03. The average molecular weight is 268 g/mol. The van der Waals surface area contributed by atoms with Crippen LogP contribution in [0.3, 0.4) is 0 Å². The number of hydrogen-bond donors (Lipinski definition) is 1. The number of rotatable bonds is 3. The van der Waals surface area contributed by atoms with Gasteiger partial charge >= 0.3 is 0 Å². The van der Waals surface area contributed by atoms with Gasteiger partial charge in [0.1, 0.15) is 0 Å². The summed E-state index contributed by atoms with van der Waals surface area (Å²) < 4.78 is 3.06. The van der Waals surface area contributed by atoms with E-state index in [9.17, 15) is 0 Å². The van der Waals surface area contributed by atoms with E-state index in [4.69, 9.17) is 5.73 Å². The number of nitrogens with zero attached hydrogens (tertiary/aromatic N) is 2. The summed E-state index contributed by atoms with van der Waals surface area (Å²) in [5.74, 6) is 0.480. The first-order chi connectivity index (χ1) is 7.20. The van der Waals surface area contributed by atoms with Crippen LogP contribution in [0.5, 0.6) is 0 Å². The summed E-state index contributed by atoms with van der Waals surface area (Å²) in [6.07, 6.45) is 5.00. The molecule has 2 aromatic heterocycles. The van der Waals surface area contributed by atoms with Gasteiger partial charge in [-0.25, -0.2) is 4.98 Å². The molecule has 0 amide bonds. The van der Waals surface area contributed by atoms with E-state index >= 15 is 0 Å². The van der Waals surface area contributed by atoms with Crippen LogP contribution in [0, 0.1) is 5.92 Å². The Morgan fingerprint density at radius 2 is 2.40 bits per heavy atom. The summed E-state index contributed by atoms with van der Waals surface area (Å²) in [6.45, 7) is 2.84. The van der Waals surface area contributed by atoms with Crippen LogP contribution in [0.25, 0.3) is 5.65 Å². The predicted molar refractivity (Wildman–Crippen MR) is 64.8 cm³/mol. The quantitative estimate of drug-likeness (QED) is 0.927. The normalized spacial score (nSPS) is 13.3. The van der Waals surface area contributed by atoms with Crippen molar-refractivity contribution in [2.45, 2.75) is 13.3 Å². The standard InChI is InChI=1S/C11H14BrN3/c1-8(6-13)5-9-7-15-4-2-3-10(12)11(15)14-9/h2-4,7-8H,5-6,13H2,1H3. The summed E-state index contributed by atoms with van der Waals surface area (Å²) in [7, 11) is 0. The van der Waals surface area contributed by atoms with Crippen molar-refractivity contribution in [3.8, 4) is 0 Å². The minimum atomic E-state index is 0.480. The van der Waals surface area contributed by atoms with E-state index in [1.807, 2.05) is 22.7 Å². The Morgan fingerprint density at radius 3 is 3.07 bits per heavy atom. The third-order valence-corrected chi connectivity index (χ3v) is 3.06. The lowest BCUT2D eigenvalue weighted by Crippen LogP contribution is -2.13. The second-order valence-electron chi connectivity index (χ2n) is 3.86. The maximum atomic E-state index is 5.60.